The molecule has 21 heavy (non-hydrogen) atoms. The number of aromatic nitrogens is 1. The molecule has 120 valence electrons. The van der Waals surface area contributed by atoms with Gasteiger partial charge in [-0.15, -0.1) is 11.3 Å². The monoisotopic (exact) mass is 311 g/mol. The number of ether oxygens (including phenoxy) is 1. The van der Waals surface area contributed by atoms with Gasteiger partial charge in [0.2, 0.25) is 0 Å². The maximum Gasteiger partial charge on any atom is 0.186 e. The average molecular weight is 311 g/mol. The molecule has 1 N–H and O–H groups in total. The van der Waals surface area contributed by atoms with Gasteiger partial charge in [-0.05, 0) is 25.7 Å². The van der Waals surface area contributed by atoms with E-state index in [0.29, 0.717) is 18.7 Å². The summed E-state index contributed by atoms with van der Waals surface area (Å²) in [4.78, 5) is 8.64. The molecule has 1 aromatic heterocycles. The van der Waals surface area contributed by atoms with Crippen LogP contribution in [0.3, 0.4) is 0 Å². The molecule has 0 saturated carbocycles. The molecule has 2 atom stereocenters. The molecule has 1 saturated heterocycles. The molecular formula is C16H29N3OS. The first-order valence-corrected chi connectivity index (χ1v) is 8.80. The first-order valence-electron chi connectivity index (χ1n) is 7.98. The molecule has 4 nitrogen and oxygen atoms in total. The summed E-state index contributed by atoms with van der Waals surface area (Å²) in [7, 11) is 1.74. The number of thiazole rings is 1. The number of anilines is 1. The second-order valence-corrected chi connectivity index (χ2v) is 7.57. The Bertz CT molecular complexity index is 447. The number of nitrogens with one attached hydrogen (secondary N) is 1. The van der Waals surface area contributed by atoms with Crippen molar-refractivity contribution in [3.63, 3.8) is 0 Å². The molecule has 0 aromatic carbocycles. The number of rotatable bonds is 6. The minimum absolute atomic E-state index is 0.487. The Morgan fingerprint density at radius 3 is 2.81 bits per heavy atom. The third kappa shape index (κ3) is 4.41. The van der Waals surface area contributed by atoms with Crippen LogP contribution < -0.4 is 10.2 Å². The van der Waals surface area contributed by atoms with Crippen molar-refractivity contribution in [3.05, 3.63) is 10.6 Å². The van der Waals surface area contributed by atoms with Crippen LogP contribution in [-0.2, 0) is 17.9 Å². The zero-order chi connectivity index (χ0) is 15.4. The summed E-state index contributed by atoms with van der Waals surface area (Å²) in [6.45, 7) is 11.6. The molecule has 2 heterocycles. The van der Waals surface area contributed by atoms with Gasteiger partial charge in [-0.2, -0.15) is 0 Å². The van der Waals surface area contributed by atoms with E-state index in [9.17, 15) is 0 Å². The lowest BCUT2D eigenvalue weighted by atomic mass is 9.94. The highest BCUT2D eigenvalue weighted by Crippen LogP contribution is 2.33. The maximum absolute atomic E-state index is 5.32. The fourth-order valence-corrected chi connectivity index (χ4v) is 4.01. The normalized spacial score (nSPS) is 23.0. The van der Waals surface area contributed by atoms with Gasteiger partial charge in [-0.1, -0.05) is 20.8 Å². The third-order valence-corrected chi connectivity index (χ3v) is 5.24. The molecule has 1 aromatic rings. The molecule has 5 heteroatoms. The van der Waals surface area contributed by atoms with Crippen LogP contribution in [0.15, 0.2) is 0 Å². The van der Waals surface area contributed by atoms with Crippen LogP contribution in [0.2, 0.25) is 0 Å². The van der Waals surface area contributed by atoms with Crippen LogP contribution in [0.4, 0.5) is 5.13 Å². The van der Waals surface area contributed by atoms with E-state index in [4.69, 9.17) is 9.72 Å². The molecule has 2 rings (SSSR count). The standard InChI is InChI=1S/C16H29N3OS/c1-11(2)17-9-15-14(10-20-5)18-16(21-15)19-7-6-12(3)8-13(19)4/h11-13,17H,6-10H2,1-5H3. The van der Waals surface area contributed by atoms with E-state index < -0.39 is 0 Å². The predicted octanol–water partition coefficient (Wildman–Crippen LogP) is 3.41. The average Bonchev–Trinajstić information content (AvgIpc) is 2.80. The SMILES string of the molecule is COCc1nc(N2CCC(C)CC2C)sc1CNC(C)C. The van der Waals surface area contributed by atoms with Crippen LogP contribution in [0.1, 0.15) is 51.1 Å². The second kappa shape index (κ2) is 7.56. The zero-order valence-electron chi connectivity index (χ0n) is 14.0. The summed E-state index contributed by atoms with van der Waals surface area (Å²) in [6.07, 6.45) is 2.53. The van der Waals surface area contributed by atoms with Gasteiger partial charge in [0.05, 0.1) is 12.3 Å². The van der Waals surface area contributed by atoms with Crippen molar-refractivity contribution in [2.45, 2.75) is 65.8 Å². The lowest BCUT2D eigenvalue weighted by Gasteiger charge is -2.36. The summed E-state index contributed by atoms with van der Waals surface area (Å²) >= 11 is 1.83. The van der Waals surface area contributed by atoms with E-state index >= 15 is 0 Å². The Balaban J connectivity index is 2.14. The Kier molecular flexibility index (Phi) is 6.02. The molecule has 1 aliphatic rings. The van der Waals surface area contributed by atoms with Gasteiger partial charge in [0.1, 0.15) is 0 Å². The van der Waals surface area contributed by atoms with Gasteiger partial charge in [-0.3, -0.25) is 0 Å². The smallest absolute Gasteiger partial charge is 0.186 e. The highest BCUT2D eigenvalue weighted by molar-refractivity contribution is 7.15. The Morgan fingerprint density at radius 2 is 2.19 bits per heavy atom. The van der Waals surface area contributed by atoms with Crippen LogP contribution >= 0.6 is 11.3 Å². The quantitative estimate of drug-likeness (QED) is 0.873. The van der Waals surface area contributed by atoms with Crippen molar-refractivity contribution in [1.82, 2.24) is 10.3 Å². The highest BCUT2D eigenvalue weighted by atomic mass is 32.1. The van der Waals surface area contributed by atoms with E-state index in [1.807, 2.05) is 11.3 Å². The van der Waals surface area contributed by atoms with Crippen molar-refractivity contribution >= 4 is 16.5 Å². The summed E-state index contributed by atoms with van der Waals surface area (Å²) in [6, 6.07) is 1.07. The van der Waals surface area contributed by atoms with Gasteiger partial charge in [-0.25, -0.2) is 4.98 Å². The van der Waals surface area contributed by atoms with Gasteiger partial charge in [0, 0.05) is 37.2 Å². The fourth-order valence-electron chi connectivity index (χ4n) is 2.87. The van der Waals surface area contributed by atoms with Crippen LogP contribution in [0.25, 0.3) is 0 Å². The van der Waals surface area contributed by atoms with E-state index in [1.54, 1.807) is 7.11 Å². The predicted molar refractivity (Wildman–Crippen MR) is 90.0 cm³/mol. The molecule has 1 fully saturated rings. The number of hydrogen-bond donors (Lipinski definition) is 1. The Hall–Kier alpha value is -0.650. The summed E-state index contributed by atoms with van der Waals surface area (Å²) in [5.41, 5.74) is 1.09. The summed E-state index contributed by atoms with van der Waals surface area (Å²) in [5.74, 6) is 0.830. The second-order valence-electron chi connectivity index (χ2n) is 6.51. The van der Waals surface area contributed by atoms with E-state index in [2.05, 4.69) is 37.9 Å². The van der Waals surface area contributed by atoms with E-state index in [-0.39, 0.29) is 0 Å². The van der Waals surface area contributed by atoms with Crippen molar-refractivity contribution in [1.29, 1.82) is 0 Å². The molecule has 2 unspecified atom stereocenters. The number of methoxy groups -OCH3 is 1. The highest BCUT2D eigenvalue weighted by Gasteiger charge is 2.26. The fraction of sp³-hybridized carbons (Fsp3) is 0.812. The number of piperidine rings is 1. The summed E-state index contributed by atoms with van der Waals surface area (Å²) in [5, 5.41) is 4.66. The molecule has 0 amide bonds. The number of hydrogen-bond acceptors (Lipinski definition) is 5. The third-order valence-electron chi connectivity index (χ3n) is 4.10. The largest absolute Gasteiger partial charge is 0.378 e. The Morgan fingerprint density at radius 1 is 1.43 bits per heavy atom. The number of nitrogens with zero attached hydrogens (tertiary/aromatic N) is 2. The first-order chi connectivity index (χ1) is 10.0. The Labute approximate surface area is 132 Å². The molecule has 0 bridgehead atoms. The lowest BCUT2D eigenvalue weighted by Crippen LogP contribution is -2.40. The van der Waals surface area contributed by atoms with Crippen LogP contribution in [0, 0.1) is 5.92 Å². The maximum atomic E-state index is 5.32. The lowest BCUT2D eigenvalue weighted by molar-refractivity contribution is 0.181. The molecule has 0 aliphatic carbocycles. The van der Waals surface area contributed by atoms with Crippen LogP contribution in [-0.4, -0.2) is 30.7 Å². The van der Waals surface area contributed by atoms with Gasteiger partial charge in [0.25, 0.3) is 0 Å². The van der Waals surface area contributed by atoms with Gasteiger partial charge < -0.3 is 15.0 Å². The van der Waals surface area contributed by atoms with Gasteiger partial charge >= 0.3 is 0 Å². The topological polar surface area (TPSA) is 37.4 Å². The molecule has 0 spiro atoms. The molecule has 1 aliphatic heterocycles. The summed E-state index contributed by atoms with van der Waals surface area (Å²) < 4.78 is 5.32. The molecule has 0 radical (unpaired) electrons. The first kappa shape index (κ1) is 16.7. The van der Waals surface area contributed by atoms with Crippen molar-refractivity contribution in [2.24, 2.45) is 5.92 Å². The van der Waals surface area contributed by atoms with Crippen molar-refractivity contribution in [3.8, 4) is 0 Å². The van der Waals surface area contributed by atoms with E-state index in [1.165, 1.54) is 22.9 Å². The zero-order valence-corrected chi connectivity index (χ0v) is 14.8. The van der Waals surface area contributed by atoms with Gasteiger partial charge in [0.15, 0.2) is 5.13 Å². The van der Waals surface area contributed by atoms with Crippen molar-refractivity contribution < 1.29 is 4.74 Å². The minimum Gasteiger partial charge on any atom is -0.378 e. The van der Waals surface area contributed by atoms with Crippen LogP contribution in [0.5, 0.6) is 0 Å². The minimum atomic E-state index is 0.487. The van der Waals surface area contributed by atoms with E-state index in [0.717, 1.165) is 24.7 Å². The molecular weight excluding hydrogens is 282 g/mol. The van der Waals surface area contributed by atoms with Crippen molar-refractivity contribution in [2.75, 3.05) is 18.6 Å².